The van der Waals surface area contributed by atoms with Gasteiger partial charge in [0.05, 0.1) is 6.61 Å². The minimum absolute atomic E-state index is 0.490. The van der Waals surface area contributed by atoms with Gasteiger partial charge in [0.15, 0.2) is 11.5 Å². The molecule has 0 spiro atoms. The van der Waals surface area contributed by atoms with Crippen LogP contribution in [0.1, 0.15) is 23.6 Å². The number of halogens is 1. The number of rotatable bonds is 8. The maximum Gasteiger partial charge on any atom is 0.218 e. The van der Waals surface area contributed by atoms with Gasteiger partial charge in [-0.2, -0.15) is 5.10 Å². The molecule has 3 rings (SSSR count). The summed E-state index contributed by atoms with van der Waals surface area (Å²) in [5, 5.41) is 9.78. The van der Waals surface area contributed by atoms with Crippen LogP contribution >= 0.6 is 15.9 Å². The molecular formula is C19H21BrN4O2. The van der Waals surface area contributed by atoms with Gasteiger partial charge in [0.2, 0.25) is 5.95 Å². The summed E-state index contributed by atoms with van der Waals surface area (Å²) in [5.41, 5.74) is 3.37. The predicted molar refractivity (Wildman–Crippen MR) is 105 cm³/mol. The average molecular weight is 417 g/mol. The third kappa shape index (κ3) is 4.76. The SMILES string of the molecule is CCOc1cc(CNc2ncn[nH]2)c(Br)cc1OCc1cccc(C)c1. The molecule has 1 aromatic heterocycles. The van der Waals surface area contributed by atoms with Crippen LogP contribution in [0, 0.1) is 6.92 Å². The van der Waals surface area contributed by atoms with Crippen molar-refractivity contribution < 1.29 is 9.47 Å². The Labute approximate surface area is 161 Å². The number of aromatic amines is 1. The van der Waals surface area contributed by atoms with Crippen LogP contribution in [0.5, 0.6) is 11.5 Å². The molecule has 0 aliphatic carbocycles. The summed E-state index contributed by atoms with van der Waals surface area (Å²) in [6.07, 6.45) is 1.46. The Balaban J connectivity index is 1.75. The molecule has 136 valence electrons. The second-order valence-electron chi connectivity index (χ2n) is 5.79. The lowest BCUT2D eigenvalue weighted by molar-refractivity contribution is 0.269. The molecule has 7 heteroatoms. The average Bonchev–Trinajstić information content (AvgIpc) is 3.14. The molecule has 0 unspecified atom stereocenters. The third-order valence-corrected chi connectivity index (χ3v) is 4.49. The zero-order chi connectivity index (χ0) is 18.4. The standard InChI is InChI=1S/C19H21BrN4O2/c1-3-25-17-8-15(10-21-19-22-12-23-24-19)16(20)9-18(17)26-11-14-6-4-5-13(2)7-14/h4-9,12H,3,10-11H2,1-2H3,(H2,21,22,23,24). The minimum Gasteiger partial charge on any atom is -0.490 e. The summed E-state index contributed by atoms with van der Waals surface area (Å²) >= 11 is 3.61. The number of aryl methyl sites for hydroxylation is 1. The van der Waals surface area contributed by atoms with Crippen LogP contribution in [0.2, 0.25) is 0 Å². The Kier molecular flexibility index (Phi) is 6.12. The number of aromatic nitrogens is 3. The van der Waals surface area contributed by atoms with E-state index in [9.17, 15) is 0 Å². The van der Waals surface area contributed by atoms with Crippen molar-refractivity contribution >= 4 is 21.9 Å². The molecule has 0 aliphatic heterocycles. The van der Waals surface area contributed by atoms with Crippen molar-refractivity contribution in [3.8, 4) is 11.5 Å². The maximum atomic E-state index is 6.01. The van der Waals surface area contributed by atoms with Crippen molar-refractivity contribution in [2.24, 2.45) is 0 Å². The quantitative estimate of drug-likeness (QED) is 0.566. The molecule has 3 aromatic rings. The second-order valence-corrected chi connectivity index (χ2v) is 6.64. The van der Waals surface area contributed by atoms with Crippen LogP contribution < -0.4 is 14.8 Å². The first kappa shape index (κ1) is 18.3. The van der Waals surface area contributed by atoms with Gasteiger partial charge in [-0.05, 0) is 37.1 Å². The summed E-state index contributed by atoms with van der Waals surface area (Å²) in [6, 6.07) is 12.2. The summed E-state index contributed by atoms with van der Waals surface area (Å²) < 4.78 is 12.7. The van der Waals surface area contributed by atoms with E-state index in [-0.39, 0.29) is 0 Å². The van der Waals surface area contributed by atoms with E-state index in [1.54, 1.807) is 0 Å². The van der Waals surface area contributed by atoms with Crippen LogP contribution in [0.15, 0.2) is 47.2 Å². The molecular weight excluding hydrogens is 396 g/mol. The molecule has 0 amide bonds. The van der Waals surface area contributed by atoms with Gasteiger partial charge >= 0.3 is 0 Å². The normalized spacial score (nSPS) is 10.6. The highest BCUT2D eigenvalue weighted by molar-refractivity contribution is 9.10. The molecule has 1 heterocycles. The van der Waals surface area contributed by atoms with E-state index in [0.717, 1.165) is 21.3 Å². The van der Waals surface area contributed by atoms with E-state index in [1.807, 2.05) is 25.1 Å². The van der Waals surface area contributed by atoms with Crippen molar-refractivity contribution in [1.29, 1.82) is 0 Å². The van der Waals surface area contributed by atoms with Crippen molar-refractivity contribution in [2.45, 2.75) is 27.0 Å². The van der Waals surface area contributed by atoms with E-state index >= 15 is 0 Å². The Bertz CT molecular complexity index is 853. The number of hydrogen-bond acceptors (Lipinski definition) is 5. The number of H-pyrrole nitrogens is 1. The summed E-state index contributed by atoms with van der Waals surface area (Å²) in [6.45, 7) is 5.66. The Hall–Kier alpha value is -2.54. The van der Waals surface area contributed by atoms with Gasteiger partial charge in [-0.25, -0.2) is 10.1 Å². The van der Waals surface area contributed by atoms with E-state index in [0.29, 0.717) is 31.5 Å². The molecule has 2 N–H and O–H groups in total. The number of benzene rings is 2. The van der Waals surface area contributed by atoms with E-state index < -0.39 is 0 Å². The monoisotopic (exact) mass is 416 g/mol. The zero-order valence-electron chi connectivity index (χ0n) is 14.8. The maximum absolute atomic E-state index is 6.01. The highest BCUT2D eigenvalue weighted by Crippen LogP contribution is 2.34. The molecule has 0 atom stereocenters. The Morgan fingerprint density at radius 2 is 2.00 bits per heavy atom. The summed E-state index contributed by atoms with van der Waals surface area (Å²) in [7, 11) is 0. The lowest BCUT2D eigenvalue weighted by Crippen LogP contribution is -2.05. The fourth-order valence-corrected chi connectivity index (χ4v) is 2.99. The summed E-state index contributed by atoms with van der Waals surface area (Å²) in [5.74, 6) is 2.05. The third-order valence-electron chi connectivity index (χ3n) is 3.75. The topological polar surface area (TPSA) is 72.1 Å². The van der Waals surface area contributed by atoms with Gasteiger partial charge in [-0.3, -0.25) is 0 Å². The largest absolute Gasteiger partial charge is 0.490 e. The Morgan fingerprint density at radius 3 is 2.73 bits per heavy atom. The van der Waals surface area contributed by atoms with Crippen molar-refractivity contribution in [3.63, 3.8) is 0 Å². The Morgan fingerprint density at radius 1 is 1.15 bits per heavy atom. The molecule has 0 saturated carbocycles. The molecule has 26 heavy (non-hydrogen) atoms. The van der Waals surface area contributed by atoms with Gasteiger partial charge in [-0.1, -0.05) is 45.8 Å². The lowest BCUT2D eigenvalue weighted by atomic mass is 10.1. The van der Waals surface area contributed by atoms with Gasteiger partial charge in [-0.15, -0.1) is 0 Å². The molecule has 0 radical (unpaired) electrons. The fraction of sp³-hybridized carbons (Fsp3) is 0.263. The predicted octanol–water partition coefficient (Wildman–Crippen LogP) is 4.47. The molecule has 6 nitrogen and oxygen atoms in total. The van der Waals surface area contributed by atoms with Gasteiger partial charge in [0, 0.05) is 11.0 Å². The molecule has 0 aliphatic rings. The van der Waals surface area contributed by atoms with Crippen LogP contribution in [-0.4, -0.2) is 21.8 Å². The molecule has 0 fully saturated rings. The van der Waals surface area contributed by atoms with E-state index in [1.165, 1.54) is 11.9 Å². The van der Waals surface area contributed by atoms with Crippen molar-refractivity contribution in [3.05, 3.63) is 63.9 Å². The van der Waals surface area contributed by atoms with Gasteiger partial charge in [0.25, 0.3) is 0 Å². The molecule has 2 aromatic carbocycles. The second kappa shape index (κ2) is 8.71. The first-order valence-corrected chi connectivity index (χ1v) is 9.18. The van der Waals surface area contributed by atoms with Crippen LogP contribution in [-0.2, 0) is 13.2 Å². The molecule has 0 bridgehead atoms. The van der Waals surface area contributed by atoms with Crippen LogP contribution in [0.4, 0.5) is 5.95 Å². The fourth-order valence-electron chi connectivity index (χ4n) is 2.53. The number of ether oxygens (including phenoxy) is 2. The highest BCUT2D eigenvalue weighted by Gasteiger charge is 2.12. The van der Waals surface area contributed by atoms with Crippen LogP contribution in [0.25, 0.3) is 0 Å². The van der Waals surface area contributed by atoms with Crippen LogP contribution in [0.3, 0.4) is 0 Å². The highest BCUT2D eigenvalue weighted by atomic mass is 79.9. The first-order chi connectivity index (χ1) is 12.7. The first-order valence-electron chi connectivity index (χ1n) is 8.38. The lowest BCUT2D eigenvalue weighted by Gasteiger charge is -2.15. The number of anilines is 1. The smallest absolute Gasteiger partial charge is 0.218 e. The number of nitrogens with one attached hydrogen (secondary N) is 2. The zero-order valence-corrected chi connectivity index (χ0v) is 16.3. The molecule has 0 saturated heterocycles. The van der Waals surface area contributed by atoms with E-state index in [4.69, 9.17) is 9.47 Å². The number of nitrogens with zero attached hydrogens (tertiary/aromatic N) is 2. The number of hydrogen-bond donors (Lipinski definition) is 2. The van der Waals surface area contributed by atoms with Gasteiger partial charge < -0.3 is 14.8 Å². The van der Waals surface area contributed by atoms with E-state index in [2.05, 4.69) is 61.6 Å². The van der Waals surface area contributed by atoms with Crippen molar-refractivity contribution in [1.82, 2.24) is 15.2 Å². The minimum atomic E-state index is 0.490. The van der Waals surface area contributed by atoms with Gasteiger partial charge in [0.1, 0.15) is 12.9 Å². The summed E-state index contributed by atoms with van der Waals surface area (Å²) in [4.78, 5) is 4.06. The van der Waals surface area contributed by atoms with Crippen molar-refractivity contribution in [2.75, 3.05) is 11.9 Å².